The lowest BCUT2D eigenvalue weighted by atomic mass is 9.95. The quantitative estimate of drug-likeness (QED) is 0.850. The van der Waals surface area contributed by atoms with Crippen LogP contribution >= 0.6 is 0 Å². The van der Waals surface area contributed by atoms with Gasteiger partial charge in [-0.15, -0.1) is 0 Å². The van der Waals surface area contributed by atoms with Crippen molar-refractivity contribution in [1.82, 2.24) is 10.3 Å². The number of aromatic nitrogens is 1. The molecule has 0 spiro atoms. The van der Waals surface area contributed by atoms with Gasteiger partial charge in [-0.05, 0) is 55.1 Å². The standard InChI is InChI=1S/C17H22N2/c1-3-10-19-17(13-15-8-11-18-12-9-15)16-7-5-4-6-14(16)2/h4-9,11-12,17,19H,3,10,13H2,1-2H3. The van der Waals surface area contributed by atoms with Gasteiger partial charge in [0.1, 0.15) is 0 Å². The molecule has 2 nitrogen and oxygen atoms in total. The lowest BCUT2D eigenvalue weighted by Gasteiger charge is -2.21. The summed E-state index contributed by atoms with van der Waals surface area (Å²) < 4.78 is 0. The predicted molar refractivity (Wildman–Crippen MR) is 80.2 cm³/mol. The van der Waals surface area contributed by atoms with Gasteiger partial charge < -0.3 is 5.32 Å². The summed E-state index contributed by atoms with van der Waals surface area (Å²) >= 11 is 0. The Kier molecular flexibility index (Phi) is 5.10. The summed E-state index contributed by atoms with van der Waals surface area (Å²) in [6, 6.07) is 13.2. The van der Waals surface area contributed by atoms with Crippen LogP contribution < -0.4 is 5.32 Å². The Balaban J connectivity index is 2.19. The lowest BCUT2D eigenvalue weighted by Crippen LogP contribution is -2.24. The summed E-state index contributed by atoms with van der Waals surface area (Å²) in [5.41, 5.74) is 4.07. The Morgan fingerprint density at radius 2 is 1.84 bits per heavy atom. The number of hydrogen-bond donors (Lipinski definition) is 1. The SMILES string of the molecule is CCCNC(Cc1ccncc1)c1ccccc1C. The molecule has 1 aromatic heterocycles. The van der Waals surface area contributed by atoms with Gasteiger partial charge in [0, 0.05) is 18.4 Å². The molecule has 1 aromatic carbocycles. The van der Waals surface area contributed by atoms with Crippen molar-refractivity contribution < 1.29 is 0 Å². The summed E-state index contributed by atoms with van der Waals surface area (Å²) in [7, 11) is 0. The van der Waals surface area contributed by atoms with Gasteiger partial charge in [0.25, 0.3) is 0 Å². The molecule has 2 aromatic rings. The molecule has 0 fully saturated rings. The number of nitrogens with zero attached hydrogens (tertiary/aromatic N) is 1. The third kappa shape index (κ3) is 3.90. The van der Waals surface area contributed by atoms with Crippen molar-refractivity contribution in [3.05, 3.63) is 65.5 Å². The van der Waals surface area contributed by atoms with Crippen molar-refractivity contribution >= 4 is 0 Å². The molecule has 2 heteroatoms. The van der Waals surface area contributed by atoms with Gasteiger partial charge in [-0.3, -0.25) is 4.98 Å². The number of rotatable bonds is 6. The van der Waals surface area contributed by atoms with Crippen LogP contribution in [-0.2, 0) is 6.42 Å². The minimum absolute atomic E-state index is 0.378. The number of benzene rings is 1. The van der Waals surface area contributed by atoms with Crippen molar-refractivity contribution in [2.24, 2.45) is 0 Å². The molecule has 0 bridgehead atoms. The third-order valence-corrected chi connectivity index (χ3v) is 3.39. The molecule has 0 aliphatic heterocycles. The van der Waals surface area contributed by atoms with E-state index in [4.69, 9.17) is 0 Å². The molecule has 0 aliphatic rings. The topological polar surface area (TPSA) is 24.9 Å². The Hall–Kier alpha value is -1.67. The maximum atomic E-state index is 4.08. The molecule has 1 heterocycles. The molecule has 0 saturated carbocycles. The first-order valence-corrected chi connectivity index (χ1v) is 6.99. The second-order valence-electron chi connectivity index (χ2n) is 4.92. The molecule has 0 radical (unpaired) electrons. The van der Waals surface area contributed by atoms with Gasteiger partial charge in [0.2, 0.25) is 0 Å². The van der Waals surface area contributed by atoms with Crippen LogP contribution in [0.3, 0.4) is 0 Å². The van der Waals surface area contributed by atoms with Crippen LogP contribution in [0.5, 0.6) is 0 Å². The van der Waals surface area contributed by atoms with Crippen molar-refractivity contribution in [2.75, 3.05) is 6.54 Å². The second kappa shape index (κ2) is 7.05. The largest absolute Gasteiger partial charge is 0.310 e. The highest BCUT2D eigenvalue weighted by Crippen LogP contribution is 2.21. The molecule has 2 rings (SSSR count). The van der Waals surface area contributed by atoms with Gasteiger partial charge in [0.05, 0.1) is 0 Å². The molecular weight excluding hydrogens is 232 g/mol. The molecule has 1 atom stereocenters. The molecule has 100 valence electrons. The fourth-order valence-corrected chi connectivity index (χ4v) is 2.34. The van der Waals surface area contributed by atoms with E-state index in [-0.39, 0.29) is 0 Å². The minimum Gasteiger partial charge on any atom is -0.310 e. The maximum absolute atomic E-state index is 4.08. The van der Waals surface area contributed by atoms with E-state index in [1.165, 1.54) is 16.7 Å². The van der Waals surface area contributed by atoms with Crippen LogP contribution in [0.1, 0.15) is 36.1 Å². The maximum Gasteiger partial charge on any atom is 0.0363 e. The predicted octanol–water partition coefficient (Wildman–Crippen LogP) is 3.67. The highest BCUT2D eigenvalue weighted by Gasteiger charge is 2.13. The summed E-state index contributed by atoms with van der Waals surface area (Å²) in [6.45, 7) is 5.43. The van der Waals surface area contributed by atoms with Gasteiger partial charge in [-0.25, -0.2) is 0 Å². The zero-order valence-electron chi connectivity index (χ0n) is 11.8. The molecule has 1 unspecified atom stereocenters. The average Bonchev–Trinajstić information content (AvgIpc) is 2.45. The van der Waals surface area contributed by atoms with E-state index in [1.54, 1.807) is 0 Å². The van der Waals surface area contributed by atoms with E-state index in [9.17, 15) is 0 Å². The molecular formula is C17H22N2. The first-order chi connectivity index (χ1) is 9.31. The summed E-state index contributed by atoms with van der Waals surface area (Å²) in [6.07, 6.45) is 5.89. The van der Waals surface area contributed by atoms with E-state index >= 15 is 0 Å². The van der Waals surface area contributed by atoms with E-state index < -0.39 is 0 Å². The van der Waals surface area contributed by atoms with Gasteiger partial charge >= 0.3 is 0 Å². The van der Waals surface area contributed by atoms with Crippen LogP contribution in [0, 0.1) is 6.92 Å². The second-order valence-corrected chi connectivity index (χ2v) is 4.92. The average molecular weight is 254 g/mol. The number of hydrogen-bond acceptors (Lipinski definition) is 2. The molecule has 0 aliphatic carbocycles. The number of pyridine rings is 1. The zero-order valence-corrected chi connectivity index (χ0v) is 11.8. The molecule has 0 saturated heterocycles. The van der Waals surface area contributed by atoms with Crippen molar-refractivity contribution in [2.45, 2.75) is 32.7 Å². The van der Waals surface area contributed by atoms with Crippen molar-refractivity contribution in [3.8, 4) is 0 Å². The molecule has 19 heavy (non-hydrogen) atoms. The Morgan fingerprint density at radius 3 is 2.53 bits per heavy atom. The van der Waals surface area contributed by atoms with Gasteiger partial charge in [-0.2, -0.15) is 0 Å². The zero-order chi connectivity index (χ0) is 13.5. The van der Waals surface area contributed by atoms with E-state index in [0.29, 0.717) is 6.04 Å². The Morgan fingerprint density at radius 1 is 1.11 bits per heavy atom. The van der Waals surface area contributed by atoms with Crippen LogP contribution in [-0.4, -0.2) is 11.5 Å². The fraction of sp³-hybridized carbons (Fsp3) is 0.353. The summed E-state index contributed by atoms with van der Waals surface area (Å²) in [4.78, 5) is 4.08. The normalized spacial score (nSPS) is 12.3. The number of nitrogens with one attached hydrogen (secondary N) is 1. The van der Waals surface area contributed by atoms with Crippen LogP contribution in [0.15, 0.2) is 48.8 Å². The van der Waals surface area contributed by atoms with Gasteiger partial charge in [0.15, 0.2) is 0 Å². The lowest BCUT2D eigenvalue weighted by molar-refractivity contribution is 0.527. The minimum atomic E-state index is 0.378. The van der Waals surface area contributed by atoms with Crippen LogP contribution in [0.2, 0.25) is 0 Å². The highest BCUT2D eigenvalue weighted by molar-refractivity contribution is 5.30. The highest BCUT2D eigenvalue weighted by atomic mass is 14.9. The van der Waals surface area contributed by atoms with Crippen LogP contribution in [0.4, 0.5) is 0 Å². The summed E-state index contributed by atoms with van der Waals surface area (Å²) in [5.74, 6) is 0. The molecule has 1 N–H and O–H groups in total. The summed E-state index contributed by atoms with van der Waals surface area (Å²) in [5, 5.41) is 3.65. The van der Waals surface area contributed by atoms with Gasteiger partial charge in [-0.1, -0.05) is 31.2 Å². The number of aryl methyl sites for hydroxylation is 1. The van der Waals surface area contributed by atoms with E-state index in [1.807, 2.05) is 12.4 Å². The Labute approximate surface area is 115 Å². The third-order valence-electron chi connectivity index (χ3n) is 3.39. The first-order valence-electron chi connectivity index (χ1n) is 6.99. The van der Waals surface area contributed by atoms with Crippen molar-refractivity contribution in [1.29, 1.82) is 0 Å². The van der Waals surface area contributed by atoms with Crippen LogP contribution in [0.25, 0.3) is 0 Å². The fourth-order valence-electron chi connectivity index (χ4n) is 2.34. The van der Waals surface area contributed by atoms with E-state index in [2.05, 4.69) is 60.5 Å². The Bertz CT molecular complexity index is 494. The van der Waals surface area contributed by atoms with Crippen molar-refractivity contribution in [3.63, 3.8) is 0 Å². The first kappa shape index (κ1) is 13.8. The van der Waals surface area contributed by atoms with E-state index in [0.717, 1.165) is 19.4 Å². The smallest absolute Gasteiger partial charge is 0.0363 e. The molecule has 0 amide bonds. The monoisotopic (exact) mass is 254 g/mol.